The second kappa shape index (κ2) is 9.28. The Balaban J connectivity index is 1.51. The van der Waals surface area contributed by atoms with Gasteiger partial charge in [-0.1, -0.05) is 13.8 Å². The normalized spacial score (nSPS) is 17.9. The third kappa shape index (κ3) is 5.26. The van der Waals surface area contributed by atoms with Gasteiger partial charge in [0.25, 0.3) is 5.91 Å². The molecule has 0 radical (unpaired) electrons. The van der Waals surface area contributed by atoms with Crippen LogP contribution in [-0.2, 0) is 11.3 Å². The SMILES string of the molecule is COCCCN1CCC(CNC(=O)c2cnc3c(c2)ncn3CC(C)C)C1. The molecule has 0 bridgehead atoms. The predicted molar refractivity (Wildman–Crippen MR) is 106 cm³/mol. The van der Waals surface area contributed by atoms with Crippen LogP contribution in [0.4, 0.5) is 0 Å². The standard InChI is InChI=1S/C20H31N5O2/c1-15(2)12-25-14-23-18-9-17(11-21-19(18)25)20(26)22-10-16-5-7-24(13-16)6-4-8-27-3/h9,11,14-16H,4-8,10,12-13H2,1-3H3,(H,22,26). The van der Waals surface area contributed by atoms with E-state index in [0.29, 0.717) is 23.9 Å². The number of carbonyl (C=O) groups is 1. The van der Waals surface area contributed by atoms with Gasteiger partial charge in [0, 0.05) is 46.1 Å². The molecule has 1 atom stereocenters. The highest BCUT2D eigenvalue weighted by molar-refractivity contribution is 5.96. The van der Waals surface area contributed by atoms with Gasteiger partial charge in [-0.25, -0.2) is 9.97 Å². The Labute approximate surface area is 161 Å². The fraction of sp³-hybridized carbons (Fsp3) is 0.650. The minimum absolute atomic E-state index is 0.0688. The Bertz CT molecular complexity index is 758. The molecule has 1 aliphatic heterocycles. The van der Waals surface area contributed by atoms with E-state index in [0.717, 1.165) is 56.8 Å². The zero-order valence-electron chi connectivity index (χ0n) is 16.6. The van der Waals surface area contributed by atoms with Gasteiger partial charge >= 0.3 is 0 Å². The topological polar surface area (TPSA) is 72.3 Å². The summed E-state index contributed by atoms with van der Waals surface area (Å²) >= 11 is 0. The Hall–Kier alpha value is -1.99. The minimum atomic E-state index is -0.0688. The molecule has 7 heteroatoms. The molecule has 2 aromatic rings. The second-order valence-electron chi connectivity index (χ2n) is 7.87. The van der Waals surface area contributed by atoms with Gasteiger partial charge in [0.15, 0.2) is 5.65 Å². The van der Waals surface area contributed by atoms with E-state index in [1.54, 1.807) is 19.6 Å². The molecular weight excluding hydrogens is 342 g/mol. The highest BCUT2D eigenvalue weighted by Crippen LogP contribution is 2.17. The van der Waals surface area contributed by atoms with E-state index in [9.17, 15) is 4.79 Å². The average molecular weight is 374 g/mol. The maximum Gasteiger partial charge on any atom is 0.252 e. The van der Waals surface area contributed by atoms with Crippen LogP contribution >= 0.6 is 0 Å². The number of amides is 1. The summed E-state index contributed by atoms with van der Waals surface area (Å²) < 4.78 is 7.15. The molecule has 2 aromatic heterocycles. The van der Waals surface area contributed by atoms with Gasteiger partial charge in [0.2, 0.25) is 0 Å². The lowest BCUT2D eigenvalue weighted by molar-refractivity contribution is 0.0947. The van der Waals surface area contributed by atoms with Crippen molar-refractivity contribution in [1.29, 1.82) is 0 Å². The fourth-order valence-corrected chi connectivity index (χ4v) is 3.65. The molecule has 148 valence electrons. The first kappa shape index (κ1) is 19.8. The largest absolute Gasteiger partial charge is 0.385 e. The molecule has 1 N–H and O–H groups in total. The van der Waals surface area contributed by atoms with Crippen LogP contribution in [0.15, 0.2) is 18.6 Å². The first-order chi connectivity index (χ1) is 13.1. The van der Waals surface area contributed by atoms with Gasteiger partial charge in [0.1, 0.15) is 5.52 Å². The lowest BCUT2D eigenvalue weighted by Gasteiger charge is -2.16. The first-order valence-electron chi connectivity index (χ1n) is 9.87. The third-order valence-electron chi connectivity index (χ3n) is 5.02. The van der Waals surface area contributed by atoms with Gasteiger partial charge in [-0.2, -0.15) is 0 Å². The van der Waals surface area contributed by atoms with E-state index in [2.05, 4.69) is 34.0 Å². The number of methoxy groups -OCH3 is 1. The summed E-state index contributed by atoms with van der Waals surface area (Å²) in [6.07, 6.45) is 5.65. The molecule has 7 nitrogen and oxygen atoms in total. The molecule has 3 rings (SSSR count). The van der Waals surface area contributed by atoms with Crippen molar-refractivity contribution in [2.45, 2.75) is 33.2 Å². The lowest BCUT2D eigenvalue weighted by Crippen LogP contribution is -2.31. The zero-order chi connectivity index (χ0) is 19.2. The van der Waals surface area contributed by atoms with Crippen molar-refractivity contribution in [3.05, 3.63) is 24.2 Å². The molecule has 1 aliphatic rings. The van der Waals surface area contributed by atoms with Crippen LogP contribution < -0.4 is 5.32 Å². The van der Waals surface area contributed by atoms with Crippen molar-refractivity contribution in [3.8, 4) is 0 Å². The summed E-state index contributed by atoms with van der Waals surface area (Å²) in [5.74, 6) is 0.965. The Morgan fingerprint density at radius 1 is 1.41 bits per heavy atom. The second-order valence-corrected chi connectivity index (χ2v) is 7.87. The number of likely N-dealkylation sites (tertiary alicyclic amines) is 1. The van der Waals surface area contributed by atoms with Crippen LogP contribution in [0.2, 0.25) is 0 Å². The van der Waals surface area contributed by atoms with Crippen molar-refractivity contribution in [2.24, 2.45) is 11.8 Å². The minimum Gasteiger partial charge on any atom is -0.385 e. The van der Waals surface area contributed by atoms with Crippen molar-refractivity contribution in [3.63, 3.8) is 0 Å². The quantitative estimate of drug-likeness (QED) is 0.682. The maximum absolute atomic E-state index is 12.5. The summed E-state index contributed by atoms with van der Waals surface area (Å²) in [5, 5.41) is 3.07. The van der Waals surface area contributed by atoms with Gasteiger partial charge in [-0.15, -0.1) is 0 Å². The average Bonchev–Trinajstić information content (AvgIpc) is 3.26. The number of aromatic nitrogens is 3. The smallest absolute Gasteiger partial charge is 0.252 e. The zero-order valence-corrected chi connectivity index (χ0v) is 16.6. The van der Waals surface area contributed by atoms with Gasteiger partial charge in [-0.05, 0) is 37.3 Å². The summed E-state index contributed by atoms with van der Waals surface area (Å²) in [5.41, 5.74) is 2.18. The summed E-state index contributed by atoms with van der Waals surface area (Å²) in [4.78, 5) is 23.8. The van der Waals surface area contributed by atoms with Gasteiger partial charge < -0.3 is 19.5 Å². The van der Waals surface area contributed by atoms with Crippen LogP contribution in [0.3, 0.4) is 0 Å². The molecule has 0 saturated carbocycles. The first-order valence-corrected chi connectivity index (χ1v) is 9.87. The number of rotatable bonds is 9. The Morgan fingerprint density at radius 2 is 2.26 bits per heavy atom. The number of ether oxygens (including phenoxy) is 1. The van der Waals surface area contributed by atoms with Crippen LogP contribution in [0.1, 0.15) is 37.0 Å². The van der Waals surface area contributed by atoms with Crippen LogP contribution in [0.5, 0.6) is 0 Å². The Morgan fingerprint density at radius 3 is 3.04 bits per heavy atom. The van der Waals surface area contributed by atoms with Gasteiger partial charge in [-0.3, -0.25) is 4.79 Å². The molecule has 1 unspecified atom stereocenters. The van der Waals surface area contributed by atoms with E-state index in [-0.39, 0.29) is 5.91 Å². The van der Waals surface area contributed by atoms with E-state index in [1.807, 2.05) is 10.6 Å². The van der Waals surface area contributed by atoms with Crippen molar-refractivity contribution >= 4 is 17.1 Å². The monoisotopic (exact) mass is 373 g/mol. The molecule has 1 saturated heterocycles. The third-order valence-corrected chi connectivity index (χ3v) is 5.02. The number of imidazole rings is 1. The molecule has 0 aliphatic carbocycles. The molecule has 27 heavy (non-hydrogen) atoms. The maximum atomic E-state index is 12.5. The molecule has 0 spiro atoms. The number of carbonyl (C=O) groups excluding carboxylic acids is 1. The number of hydrogen-bond donors (Lipinski definition) is 1. The summed E-state index contributed by atoms with van der Waals surface area (Å²) in [6.45, 7) is 9.92. The number of nitrogens with zero attached hydrogens (tertiary/aromatic N) is 4. The molecule has 1 amide bonds. The lowest BCUT2D eigenvalue weighted by atomic mass is 10.1. The van der Waals surface area contributed by atoms with Crippen LogP contribution in [-0.4, -0.2) is 65.2 Å². The molecule has 0 aromatic carbocycles. The highest BCUT2D eigenvalue weighted by Gasteiger charge is 2.22. The fourth-order valence-electron chi connectivity index (χ4n) is 3.65. The van der Waals surface area contributed by atoms with Crippen LogP contribution in [0, 0.1) is 11.8 Å². The Kier molecular flexibility index (Phi) is 6.79. The van der Waals surface area contributed by atoms with E-state index in [1.165, 1.54) is 0 Å². The van der Waals surface area contributed by atoms with Gasteiger partial charge in [0.05, 0.1) is 11.9 Å². The van der Waals surface area contributed by atoms with Crippen molar-refractivity contribution in [2.75, 3.05) is 39.9 Å². The molecule has 1 fully saturated rings. The van der Waals surface area contributed by atoms with E-state index in [4.69, 9.17) is 4.74 Å². The van der Waals surface area contributed by atoms with Crippen molar-refractivity contribution in [1.82, 2.24) is 24.8 Å². The number of fused-ring (bicyclic) bond motifs is 1. The highest BCUT2D eigenvalue weighted by atomic mass is 16.5. The summed E-state index contributed by atoms with van der Waals surface area (Å²) in [6, 6.07) is 1.83. The number of nitrogens with one attached hydrogen (secondary N) is 1. The number of hydrogen-bond acceptors (Lipinski definition) is 5. The van der Waals surface area contributed by atoms with E-state index >= 15 is 0 Å². The number of pyridine rings is 1. The molecule has 3 heterocycles. The van der Waals surface area contributed by atoms with Crippen molar-refractivity contribution < 1.29 is 9.53 Å². The van der Waals surface area contributed by atoms with Crippen LogP contribution in [0.25, 0.3) is 11.2 Å². The summed E-state index contributed by atoms with van der Waals surface area (Å²) in [7, 11) is 1.74. The van der Waals surface area contributed by atoms with E-state index < -0.39 is 0 Å². The molecular formula is C20H31N5O2. The predicted octanol–water partition coefficient (Wildman–Crippen LogP) is 2.18.